The number of benzene rings is 1. The van der Waals surface area contributed by atoms with E-state index in [0.717, 1.165) is 31.2 Å². The number of anilines is 1. The molecule has 0 aliphatic heterocycles. The number of para-hydroxylation sites is 1. The number of carbonyl (C=O) groups is 1. The van der Waals surface area contributed by atoms with E-state index in [1.165, 1.54) is 0 Å². The average Bonchev–Trinajstić information content (AvgIpc) is 2.43. The fraction of sp³-hybridized carbons (Fsp3) is 0.533. The Hall–Kier alpha value is -1.40. The summed E-state index contributed by atoms with van der Waals surface area (Å²) in [4.78, 5) is 12.1. The predicted octanol–water partition coefficient (Wildman–Crippen LogP) is 1.99. The van der Waals surface area contributed by atoms with Crippen LogP contribution in [0.4, 0.5) is 10.5 Å². The van der Waals surface area contributed by atoms with Crippen molar-refractivity contribution in [1.82, 2.24) is 5.32 Å². The molecule has 0 spiro atoms. The van der Waals surface area contributed by atoms with Gasteiger partial charge in [0.15, 0.2) is 0 Å². The van der Waals surface area contributed by atoms with Crippen LogP contribution in [0.25, 0.3) is 0 Å². The lowest BCUT2D eigenvalue weighted by atomic mass is 9.93. The molecule has 1 aromatic carbocycles. The van der Waals surface area contributed by atoms with Gasteiger partial charge < -0.3 is 15.7 Å². The topological polar surface area (TPSA) is 78.4 Å². The van der Waals surface area contributed by atoms with Crippen molar-refractivity contribution in [1.29, 1.82) is 0 Å². The van der Waals surface area contributed by atoms with E-state index in [0.29, 0.717) is 11.4 Å². The molecular formula is C15H22N2O3S. The maximum absolute atomic E-state index is 12.1. The Kier molecular flexibility index (Phi) is 5.76. The Bertz CT molecular complexity index is 521. The van der Waals surface area contributed by atoms with Crippen LogP contribution in [-0.2, 0) is 16.6 Å². The van der Waals surface area contributed by atoms with Gasteiger partial charge in [-0.15, -0.1) is 0 Å². The van der Waals surface area contributed by atoms with Crippen molar-refractivity contribution in [2.45, 2.75) is 43.6 Å². The lowest BCUT2D eigenvalue weighted by Crippen LogP contribution is -2.46. The van der Waals surface area contributed by atoms with Gasteiger partial charge in [0, 0.05) is 22.7 Å². The smallest absolute Gasteiger partial charge is 0.319 e. The fourth-order valence-electron chi connectivity index (χ4n) is 2.59. The van der Waals surface area contributed by atoms with Crippen molar-refractivity contribution in [2.75, 3.05) is 11.6 Å². The Morgan fingerprint density at radius 2 is 2.05 bits per heavy atom. The van der Waals surface area contributed by atoms with E-state index in [-0.39, 0.29) is 12.1 Å². The van der Waals surface area contributed by atoms with Crippen LogP contribution in [0.1, 0.15) is 31.2 Å². The van der Waals surface area contributed by atoms with Gasteiger partial charge in [-0.25, -0.2) is 4.79 Å². The molecule has 3 N–H and O–H groups in total. The first-order chi connectivity index (χ1) is 10.1. The number of aliphatic hydroxyl groups is 1. The van der Waals surface area contributed by atoms with Crippen molar-refractivity contribution in [3.05, 3.63) is 29.8 Å². The molecule has 21 heavy (non-hydrogen) atoms. The third-order valence-electron chi connectivity index (χ3n) is 3.67. The molecule has 0 bridgehead atoms. The van der Waals surface area contributed by atoms with Gasteiger partial charge in [-0.1, -0.05) is 31.0 Å². The van der Waals surface area contributed by atoms with E-state index in [1.54, 1.807) is 12.3 Å². The monoisotopic (exact) mass is 310 g/mol. The summed E-state index contributed by atoms with van der Waals surface area (Å²) in [7, 11) is -0.965. The standard InChI is InChI=1S/C15H22N2O3S/c1-21(20)10-11-6-2-3-7-12(11)16-15(19)17-13-8-4-5-9-14(13)18/h2-3,6-7,13-14,18H,4-5,8-10H2,1H3,(H2,16,17,19). The highest BCUT2D eigenvalue weighted by Crippen LogP contribution is 2.19. The normalized spacial score (nSPS) is 23.3. The largest absolute Gasteiger partial charge is 0.391 e. The van der Waals surface area contributed by atoms with E-state index in [9.17, 15) is 14.1 Å². The molecule has 1 aliphatic rings. The Morgan fingerprint density at radius 1 is 1.33 bits per heavy atom. The molecule has 2 rings (SSSR count). The highest BCUT2D eigenvalue weighted by atomic mass is 32.2. The zero-order valence-electron chi connectivity index (χ0n) is 12.2. The Balaban J connectivity index is 1.97. The van der Waals surface area contributed by atoms with E-state index in [2.05, 4.69) is 10.6 Å². The zero-order chi connectivity index (χ0) is 15.2. The SMILES string of the molecule is CS(=O)Cc1ccccc1NC(=O)NC1CCCCC1O. The molecule has 116 valence electrons. The molecule has 1 saturated carbocycles. The van der Waals surface area contributed by atoms with Gasteiger partial charge in [0.1, 0.15) is 0 Å². The lowest BCUT2D eigenvalue weighted by molar-refractivity contribution is 0.0955. The first-order valence-electron chi connectivity index (χ1n) is 7.20. The summed E-state index contributed by atoms with van der Waals surface area (Å²) in [5.74, 6) is 0.405. The van der Waals surface area contributed by atoms with Crippen LogP contribution in [-0.4, -0.2) is 33.7 Å². The third-order valence-corrected chi connectivity index (χ3v) is 4.39. The minimum absolute atomic E-state index is 0.189. The molecule has 0 heterocycles. The molecule has 3 unspecified atom stereocenters. The van der Waals surface area contributed by atoms with Gasteiger partial charge in [-0.05, 0) is 24.5 Å². The summed E-state index contributed by atoms with van der Waals surface area (Å²) in [5, 5.41) is 15.5. The van der Waals surface area contributed by atoms with Crippen LogP contribution in [0.15, 0.2) is 24.3 Å². The molecular weight excluding hydrogens is 288 g/mol. The highest BCUT2D eigenvalue weighted by Gasteiger charge is 2.24. The molecule has 1 aromatic rings. The second-order valence-electron chi connectivity index (χ2n) is 5.43. The number of carbonyl (C=O) groups excluding carboxylic acids is 1. The van der Waals surface area contributed by atoms with Crippen molar-refractivity contribution in [3.8, 4) is 0 Å². The predicted molar refractivity (Wildman–Crippen MR) is 84.6 cm³/mol. The van der Waals surface area contributed by atoms with Crippen molar-refractivity contribution in [2.24, 2.45) is 0 Å². The highest BCUT2D eigenvalue weighted by molar-refractivity contribution is 7.83. The molecule has 0 aromatic heterocycles. The average molecular weight is 310 g/mol. The number of aliphatic hydroxyl groups excluding tert-OH is 1. The van der Waals surface area contributed by atoms with Crippen LogP contribution in [0.3, 0.4) is 0 Å². The molecule has 2 amide bonds. The first-order valence-corrected chi connectivity index (χ1v) is 8.92. The van der Waals surface area contributed by atoms with Gasteiger partial charge in [0.25, 0.3) is 0 Å². The van der Waals surface area contributed by atoms with Crippen LogP contribution in [0.2, 0.25) is 0 Å². The number of urea groups is 1. The molecule has 5 nitrogen and oxygen atoms in total. The van der Waals surface area contributed by atoms with Gasteiger partial charge in [-0.2, -0.15) is 0 Å². The second-order valence-corrected chi connectivity index (χ2v) is 6.87. The first kappa shape index (κ1) is 16.0. The zero-order valence-corrected chi connectivity index (χ0v) is 13.0. The summed E-state index contributed by atoms with van der Waals surface area (Å²) in [6, 6.07) is 6.82. The van der Waals surface area contributed by atoms with Crippen molar-refractivity contribution < 1.29 is 14.1 Å². The van der Waals surface area contributed by atoms with E-state index < -0.39 is 16.9 Å². The van der Waals surface area contributed by atoms with Gasteiger partial charge >= 0.3 is 6.03 Å². The van der Waals surface area contributed by atoms with Gasteiger partial charge in [-0.3, -0.25) is 4.21 Å². The number of nitrogens with one attached hydrogen (secondary N) is 2. The Labute approximate surface area is 127 Å². The molecule has 6 heteroatoms. The van der Waals surface area contributed by atoms with Crippen molar-refractivity contribution in [3.63, 3.8) is 0 Å². The Morgan fingerprint density at radius 3 is 2.76 bits per heavy atom. The van der Waals surface area contributed by atoms with Gasteiger partial charge in [0.05, 0.1) is 17.9 Å². The van der Waals surface area contributed by atoms with Crippen LogP contribution >= 0.6 is 0 Å². The van der Waals surface area contributed by atoms with Crippen LogP contribution < -0.4 is 10.6 Å². The van der Waals surface area contributed by atoms with Crippen LogP contribution in [0, 0.1) is 0 Å². The quantitative estimate of drug-likeness (QED) is 0.796. The molecule has 0 radical (unpaired) electrons. The molecule has 3 atom stereocenters. The minimum atomic E-state index is -0.965. The summed E-state index contributed by atoms with van der Waals surface area (Å²) in [5.41, 5.74) is 1.51. The molecule has 0 saturated heterocycles. The maximum atomic E-state index is 12.1. The number of hydrogen-bond donors (Lipinski definition) is 3. The number of amides is 2. The summed E-state index contributed by atoms with van der Waals surface area (Å²) >= 11 is 0. The second kappa shape index (κ2) is 7.56. The van der Waals surface area contributed by atoms with Gasteiger partial charge in [0.2, 0.25) is 0 Å². The molecule has 1 fully saturated rings. The summed E-state index contributed by atoms with van der Waals surface area (Å²) < 4.78 is 11.4. The number of rotatable bonds is 4. The van der Waals surface area contributed by atoms with E-state index >= 15 is 0 Å². The van der Waals surface area contributed by atoms with Crippen molar-refractivity contribution >= 4 is 22.5 Å². The van der Waals surface area contributed by atoms with E-state index in [1.807, 2.05) is 18.2 Å². The third kappa shape index (κ3) is 4.82. The molecule has 1 aliphatic carbocycles. The maximum Gasteiger partial charge on any atom is 0.319 e. The minimum Gasteiger partial charge on any atom is -0.391 e. The van der Waals surface area contributed by atoms with E-state index in [4.69, 9.17) is 0 Å². The number of hydrogen-bond acceptors (Lipinski definition) is 3. The lowest BCUT2D eigenvalue weighted by Gasteiger charge is -2.28. The summed E-state index contributed by atoms with van der Waals surface area (Å²) in [6.45, 7) is 0. The summed E-state index contributed by atoms with van der Waals surface area (Å²) in [6.07, 6.45) is 4.73. The fourth-order valence-corrected chi connectivity index (χ4v) is 3.28. The van der Waals surface area contributed by atoms with Crippen LogP contribution in [0.5, 0.6) is 0 Å².